The number of hydrogen-bond acceptors (Lipinski definition) is 5. The first-order chi connectivity index (χ1) is 13.4. The summed E-state index contributed by atoms with van der Waals surface area (Å²) in [4.78, 5) is 31.5. The Morgan fingerprint density at radius 2 is 1.57 bits per heavy atom. The largest absolute Gasteiger partial charge is 0.324 e. The molecule has 28 heavy (non-hydrogen) atoms. The van der Waals surface area contributed by atoms with Crippen molar-refractivity contribution in [1.82, 2.24) is 14.7 Å². The molecule has 6 heteroatoms. The molecule has 1 N–H and O–H groups in total. The fourth-order valence-corrected chi connectivity index (χ4v) is 4.41. The minimum absolute atomic E-state index is 0.0360. The van der Waals surface area contributed by atoms with Crippen LogP contribution in [-0.4, -0.2) is 84.3 Å². The Labute approximate surface area is 168 Å². The average Bonchev–Trinajstić information content (AvgIpc) is 2.99. The molecule has 2 heterocycles. The predicted molar refractivity (Wildman–Crippen MR) is 113 cm³/mol. The summed E-state index contributed by atoms with van der Waals surface area (Å²) in [5, 5.41) is 2.90. The van der Waals surface area contributed by atoms with Crippen LogP contribution < -0.4 is 5.32 Å². The lowest BCUT2D eigenvalue weighted by Crippen LogP contribution is -2.50. The van der Waals surface area contributed by atoms with E-state index in [2.05, 4.69) is 33.9 Å². The normalized spacial score (nSPS) is 24.4. The first kappa shape index (κ1) is 21.0. The van der Waals surface area contributed by atoms with E-state index in [1.807, 2.05) is 12.1 Å². The number of hydrogen-bond donors (Lipinski definition) is 1. The van der Waals surface area contributed by atoms with Gasteiger partial charge in [0.05, 0.1) is 12.2 Å². The monoisotopic (exact) mass is 386 g/mol. The topological polar surface area (TPSA) is 55.9 Å². The first-order valence-electron chi connectivity index (χ1n) is 10.5. The van der Waals surface area contributed by atoms with Gasteiger partial charge in [0.1, 0.15) is 0 Å². The number of nitrogens with one attached hydrogen (secondary N) is 1. The standard InChI is InChI=1S/C22H34N4O2/c1-17-8-9-18(2)26(17)15-14-24-10-12-25(13-11-24)16-22(28)23-21-7-5-4-6-20(21)19(3)27/h4-7,17-18H,8-16H2,1-3H3,(H,23,28). The van der Waals surface area contributed by atoms with Crippen LogP contribution in [0.25, 0.3) is 0 Å². The van der Waals surface area contributed by atoms with Crippen LogP contribution in [-0.2, 0) is 4.79 Å². The maximum Gasteiger partial charge on any atom is 0.238 e. The molecule has 0 saturated carbocycles. The van der Waals surface area contributed by atoms with Crippen LogP contribution in [0.4, 0.5) is 5.69 Å². The number of carbonyl (C=O) groups excluding carboxylic acids is 2. The molecule has 1 amide bonds. The fraction of sp³-hybridized carbons (Fsp3) is 0.636. The van der Waals surface area contributed by atoms with E-state index in [0.29, 0.717) is 29.9 Å². The summed E-state index contributed by atoms with van der Waals surface area (Å²) in [6.45, 7) is 12.7. The minimum atomic E-state index is -0.0538. The molecule has 2 atom stereocenters. The van der Waals surface area contributed by atoms with Crippen LogP contribution in [0.2, 0.25) is 0 Å². The highest BCUT2D eigenvalue weighted by Crippen LogP contribution is 2.23. The number of rotatable bonds is 7. The van der Waals surface area contributed by atoms with Crippen LogP contribution in [0, 0.1) is 0 Å². The second-order valence-corrected chi connectivity index (χ2v) is 8.28. The van der Waals surface area contributed by atoms with Gasteiger partial charge in [-0.1, -0.05) is 12.1 Å². The molecule has 0 aromatic heterocycles. The van der Waals surface area contributed by atoms with E-state index in [0.717, 1.165) is 39.3 Å². The van der Waals surface area contributed by atoms with Gasteiger partial charge in [-0.25, -0.2) is 0 Å². The number of likely N-dealkylation sites (tertiary alicyclic amines) is 1. The number of carbonyl (C=O) groups is 2. The summed E-state index contributed by atoms with van der Waals surface area (Å²) in [7, 11) is 0. The number of ketones is 1. The summed E-state index contributed by atoms with van der Waals surface area (Å²) in [6.07, 6.45) is 2.63. The highest BCUT2D eigenvalue weighted by molar-refractivity contribution is 6.04. The molecule has 0 bridgehead atoms. The van der Waals surface area contributed by atoms with E-state index < -0.39 is 0 Å². The molecule has 2 aliphatic heterocycles. The number of benzene rings is 1. The molecule has 1 aromatic rings. The Bertz CT molecular complexity index is 675. The first-order valence-corrected chi connectivity index (χ1v) is 10.5. The van der Waals surface area contributed by atoms with Gasteiger partial charge in [0, 0.05) is 56.9 Å². The van der Waals surface area contributed by atoms with E-state index in [1.165, 1.54) is 19.8 Å². The summed E-state index contributed by atoms with van der Waals surface area (Å²) in [5.74, 6) is -0.0898. The van der Waals surface area contributed by atoms with Gasteiger partial charge in [0.25, 0.3) is 0 Å². The van der Waals surface area contributed by atoms with Crippen LogP contribution in [0.3, 0.4) is 0 Å². The lowest BCUT2D eigenvalue weighted by Gasteiger charge is -2.36. The number of Topliss-reactive ketones (excluding diaryl/α,β-unsaturated/α-hetero) is 1. The van der Waals surface area contributed by atoms with Crippen molar-refractivity contribution >= 4 is 17.4 Å². The summed E-state index contributed by atoms with van der Waals surface area (Å²) >= 11 is 0. The number of anilines is 1. The second kappa shape index (κ2) is 9.63. The molecule has 3 rings (SSSR count). The van der Waals surface area contributed by atoms with E-state index in [4.69, 9.17) is 0 Å². The third-order valence-electron chi connectivity index (χ3n) is 6.22. The van der Waals surface area contributed by atoms with Crippen LogP contribution >= 0.6 is 0 Å². The molecule has 0 aliphatic carbocycles. The van der Waals surface area contributed by atoms with Crippen molar-refractivity contribution in [3.63, 3.8) is 0 Å². The summed E-state index contributed by atoms with van der Waals surface area (Å²) in [6, 6.07) is 8.60. The highest BCUT2D eigenvalue weighted by atomic mass is 16.2. The van der Waals surface area contributed by atoms with Gasteiger partial charge in [0.15, 0.2) is 5.78 Å². The van der Waals surface area contributed by atoms with E-state index >= 15 is 0 Å². The summed E-state index contributed by atoms with van der Waals surface area (Å²) < 4.78 is 0. The Hall–Kier alpha value is -1.76. The second-order valence-electron chi connectivity index (χ2n) is 8.28. The van der Waals surface area contributed by atoms with E-state index in [1.54, 1.807) is 12.1 Å². The molecule has 2 saturated heterocycles. The minimum Gasteiger partial charge on any atom is -0.324 e. The average molecular weight is 387 g/mol. The van der Waals surface area contributed by atoms with E-state index in [-0.39, 0.29) is 11.7 Å². The number of para-hydroxylation sites is 1. The van der Waals surface area contributed by atoms with Gasteiger partial charge in [-0.15, -0.1) is 0 Å². The van der Waals surface area contributed by atoms with Crippen molar-refractivity contribution in [2.24, 2.45) is 0 Å². The zero-order valence-electron chi connectivity index (χ0n) is 17.5. The lowest BCUT2D eigenvalue weighted by atomic mass is 10.1. The maximum atomic E-state index is 12.4. The molecule has 154 valence electrons. The zero-order chi connectivity index (χ0) is 20.1. The SMILES string of the molecule is CC(=O)c1ccccc1NC(=O)CN1CCN(CCN2C(C)CCC2C)CC1. The van der Waals surface area contributed by atoms with Gasteiger partial charge in [-0.3, -0.25) is 24.3 Å². The zero-order valence-corrected chi connectivity index (χ0v) is 17.5. The quantitative estimate of drug-likeness (QED) is 0.729. The molecule has 2 unspecified atom stereocenters. The molecule has 1 aromatic carbocycles. The summed E-state index contributed by atoms with van der Waals surface area (Å²) in [5.41, 5.74) is 1.17. The van der Waals surface area contributed by atoms with Crippen LogP contribution in [0.1, 0.15) is 44.0 Å². The van der Waals surface area contributed by atoms with Crippen molar-refractivity contribution in [2.75, 3.05) is 51.1 Å². The fourth-order valence-electron chi connectivity index (χ4n) is 4.41. The van der Waals surface area contributed by atoms with Crippen molar-refractivity contribution < 1.29 is 9.59 Å². The van der Waals surface area contributed by atoms with Crippen molar-refractivity contribution in [2.45, 2.75) is 45.7 Å². The van der Waals surface area contributed by atoms with E-state index in [9.17, 15) is 9.59 Å². The highest BCUT2D eigenvalue weighted by Gasteiger charge is 2.27. The van der Waals surface area contributed by atoms with Gasteiger partial charge in [0.2, 0.25) is 5.91 Å². The Balaban J connectivity index is 1.41. The Kier molecular flexibility index (Phi) is 7.21. The van der Waals surface area contributed by atoms with Crippen LogP contribution in [0.5, 0.6) is 0 Å². The van der Waals surface area contributed by atoms with Crippen LogP contribution in [0.15, 0.2) is 24.3 Å². The number of amides is 1. The molecule has 2 aliphatic rings. The van der Waals surface area contributed by atoms with Gasteiger partial charge >= 0.3 is 0 Å². The number of piperazine rings is 1. The molecular formula is C22H34N4O2. The van der Waals surface area contributed by atoms with Gasteiger partial charge in [-0.2, -0.15) is 0 Å². The molecular weight excluding hydrogens is 352 g/mol. The Morgan fingerprint density at radius 3 is 2.21 bits per heavy atom. The molecule has 0 spiro atoms. The third kappa shape index (κ3) is 5.40. The van der Waals surface area contributed by atoms with Gasteiger partial charge in [-0.05, 0) is 45.7 Å². The lowest BCUT2D eigenvalue weighted by molar-refractivity contribution is -0.117. The van der Waals surface area contributed by atoms with Crippen molar-refractivity contribution in [3.05, 3.63) is 29.8 Å². The molecule has 0 radical (unpaired) electrons. The van der Waals surface area contributed by atoms with Crippen molar-refractivity contribution in [3.8, 4) is 0 Å². The maximum absolute atomic E-state index is 12.4. The third-order valence-corrected chi connectivity index (χ3v) is 6.22. The predicted octanol–water partition coefficient (Wildman–Crippen LogP) is 2.32. The molecule has 2 fully saturated rings. The number of nitrogens with zero attached hydrogens (tertiary/aromatic N) is 3. The van der Waals surface area contributed by atoms with Gasteiger partial charge < -0.3 is 5.32 Å². The molecule has 6 nitrogen and oxygen atoms in total. The Morgan fingerprint density at radius 1 is 0.964 bits per heavy atom. The van der Waals surface area contributed by atoms with Crippen molar-refractivity contribution in [1.29, 1.82) is 0 Å². The smallest absolute Gasteiger partial charge is 0.238 e.